The molecule has 7 heteroatoms. The lowest BCUT2D eigenvalue weighted by Crippen LogP contribution is -2.09. The summed E-state index contributed by atoms with van der Waals surface area (Å²) in [6.45, 7) is 0.387. The largest absolute Gasteiger partial charge is 0.463 e. The first-order chi connectivity index (χ1) is 9.60. The first-order valence-corrected chi connectivity index (χ1v) is 6.07. The highest BCUT2D eigenvalue weighted by atomic mass is 35.5. The maximum atomic E-state index is 13.0. The van der Waals surface area contributed by atoms with Gasteiger partial charge in [0.05, 0.1) is 12.1 Å². The Hall–Kier alpha value is -2.21. The monoisotopic (exact) mass is 295 g/mol. The van der Waals surface area contributed by atoms with Crippen molar-refractivity contribution in [3.63, 3.8) is 0 Å². The summed E-state index contributed by atoms with van der Waals surface area (Å²) in [7, 11) is 1.26. The average molecular weight is 296 g/mol. The van der Waals surface area contributed by atoms with Gasteiger partial charge in [-0.25, -0.2) is 19.2 Å². The number of ether oxygens (including phenoxy) is 1. The molecule has 0 radical (unpaired) electrons. The third-order valence-corrected chi connectivity index (χ3v) is 2.77. The summed E-state index contributed by atoms with van der Waals surface area (Å²) in [4.78, 5) is 19.1. The molecule has 0 amide bonds. The van der Waals surface area contributed by atoms with Gasteiger partial charge in [-0.1, -0.05) is 17.7 Å². The Morgan fingerprint density at radius 3 is 2.95 bits per heavy atom. The molecular weight excluding hydrogens is 285 g/mol. The zero-order chi connectivity index (χ0) is 14.5. The van der Waals surface area contributed by atoms with Crippen LogP contribution in [0.2, 0.25) is 5.02 Å². The number of hydrogen-bond donors (Lipinski definition) is 1. The summed E-state index contributed by atoms with van der Waals surface area (Å²) in [6.07, 6.45) is 1.44. The van der Waals surface area contributed by atoms with E-state index in [2.05, 4.69) is 20.0 Å². The van der Waals surface area contributed by atoms with E-state index in [9.17, 15) is 9.18 Å². The molecule has 2 aromatic rings. The Balaban J connectivity index is 2.07. The van der Waals surface area contributed by atoms with Gasteiger partial charge in [0.2, 0.25) is 5.82 Å². The molecule has 2 rings (SSSR count). The summed E-state index contributed by atoms with van der Waals surface area (Å²) < 4.78 is 17.6. The summed E-state index contributed by atoms with van der Waals surface area (Å²) in [5, 5.41) is 3.04. The molecule has 20 heavy (non-hydrogen) atoms. The lowest BCUT2D eigenvalue weighted by Gasteiger charge is -2.07. The fourth-order valence-corrected chi connectivity index (χ4v) is 1.69. The lowest BCUT2D eigenvalue weighted by molar-refractivity contribution is 0.0587. The van der Waals surface area contributed by atoms with E-state index in [0.717, 1.165) is 5.56 Å². The van der Waals surface area contributed by atoms with E-state index in [-0.39, 0.29) is 10.8 Å². The van der Waals surface area contributed by atoms with Crippen LogP contribution in [0.4, 0.5) is 10.2 Å². The van der Waals surface area contributed by atoms with Gasteiger partial charge in [-0.3, -0.25) is 0 Å². The minimum absolute atomic E-state index is 0.0327. The van der Waals surface area contributed by atoms with E-state index in [1.54, 1.807) is 12.1 Å². The molecular formula is C13H11ClFN3O2. The van der Waals surface area contributed by atoms with Crippen LogP contribution in [-0.4, -0.2) is 23.0 Å². The predicted octanol–water partition coefficient (Wildman–Crippen LogP) is 2.67. The highest BCUT2D eigenvalue weighted by Gasteiger charge is 2.09. The molecule has 1 aromatic heterocycles. The Morgan fingerprint density at radius 1 is 1.45 bits per heavy atom. The number of nitrogens with one attached hydrogen (secondary N) is 1. The van der Waals surface area contributed by atoms with Crippen LogP contribution in [-0.2, 0) is 11.3 Å². The molecule has 0 atom stereocenters. The van der Waals surface area contributed by atoms with Crippen LogP contribution in [0.15, 0.2) is 30.5 Å². The summed E-state index contributed by atoms with van der Waals surface area (Å²) in [5.41, 5.74) is 0.787. The summed E-state index contributed by atoms with van der Waals surface area (Å²) in [5.74, 6) is -0.653. The van der Waals surface area contributed by atoms with Gasteiger partial charge in [-0.05, 0) is 23.8 Å². The second kappa shape index (κ2) is 6.29. The van der Waals surface area contributed by atoms with E-state index in [1.807, 2.05) is 0 Å². The second-order valence-corrected chi connectivity index (χ2v) is 4.27. The molecule has 0 saturated carbocycles. The number of esters is 1. The standard InChI is InChI=1S/C13H11ClFN3O2/c1-20-13(19)12-16-5-4-11(18-12)17-7-8-2-3-10(15)9(14)6-8/h2-6H,7H2,1H3,(H,16,17,18). The lowest BCUT2D eigenvalue weighted by atomic mass is 10.2. The molecule has 0 aliphatic heterocycles. The zero-order valence-corrected chi connectivity index (χ0v) is 11.3. The maximum absolute atomic E-state index is 13.0. The van der Waals surface area contributed by atoms with E-state index in [1.165, 1.54) is 25.4 Å². The number of nitrogens with zero attached hydrogens (tertiary/aromatic N) is 2. The highest BCUT2D eigenvalue weighted by Crippen LogP contribution is 2.16. The molecule has 0 fully saturated rings. The van der Waals surface area contributed by atoms with Gasteiger partial charge >= 0.3 is 5.97 Å². The third kappa shape index (κ3) is 3.42. The fraction of sp³-hybridized carbons (Fsp3) is 0.154. The van der Waals surface area contributed by atoms with Crippen LogP contribution in [0.3, 0.4) is 0 Å². The number of anilines is 1. The quantitative estimate of drug-likeness (QED) is 0.879. The average Bonchev–Trinajstić information content (AvgIpc) is 2.48. The van der Waals surface area contributed by atoms with Crippen LogP contribution < -0.4 is 5.32 Å². The fourth-order valence-electron chi connectivity index (χ4n) is 1.49. The van der Waals surface area contributed by atoms with Crippen LogP contribution in [0.25, 0.3) is 0 Å². The number of hydrogen-bond acceptors (Lipinski definition) is 5. The van der Waals surface area contributed by atoms with Crippen LogP contribution in [0.1, 0.15) is 16.2 Å². The molecule has 1 aromatic carbocycles. The highest BCUT2D eigenvalue weighted by molar-refractivity contribution is 6.30. The van der Waals surface area contributed by atoms with Crippen molar-refractivity contribution in [3.05, 3.63) is 52.7 Å². The van der Waals surface area contributed by atoms with Crippen molar-refractivity contribution in [2.75, 3.05) is 12.4 Å². The second-order valence-electron chi connectivity index (χ2n) is 3.86. The number of methoxy groups -OCH3 is 1. The SMILES string of the molecule is COC(=O)c1nccc(NCc2ccc(F)c(Cl)c2)n1. The predicted molar refractivity (Wildman–Crippen MR) is 72.1 cm³/mol. The molecule has 104 valence electrons. The van der Waals surface area contributed by atoms with E-state index < -0.39 is 11.8 Å². The molecule has 5 nitrogen and oxygen atoms in total. The normalized spacial score (nSPS) is 10.2. The van der Waals surface area contributed by atoms with Crippen LogP contribution in [0.5, 0.6) is 0 Å². The smallest absolute Gasteiger partial charge is 0.376 e. The minimum atomic E-state index is -0.613. The van der Waals surface area contributed by atoms with Gasteiger partial charge in [0.15, 0.2) is 0 Å². The van der Waals surface area contributed by atoms with Crippen molar-refractivity contribution < 1.29 is 13.9 Å². The molecule has 0 unspecified atom stereocenters. The molecule has 0 bridgehead atoms. The first-order valence-electron chi connectivity index (χ1n) is 5.69. The first kappa shape index (κ1) is 14.2. The number of carbonyl (C=O) groups is 1. The van der Waals surface area contributed by atoms with Gasteiger partial charge < -0.3 is 10.1 Å². The number of halogens is 2. The number of aromatic nitrogens is 2. The van der Waals surface area contributed by atoms with Gasteiger partial charge in [0.1, 0.15) is 11.6 Å². The van der Waals surface area contributed by atoms with Crippen molar-refractivity contribution >= 4 is 23.4 Å². The molecule has 0 saturated heterocycles. The van der Waals surface area contributed by atoms with E-state index >= 15 is 0 Å². The Bertz CT molecular complexity index is 637. The maximum Gasteiger partial charge on any atom is 0.376 e. The van der Waals surface area contributed by atoms with Crippen molar-refractivity contribution in [2.24, 2.45) is 0 Å². The topological polar surface area (TPSA) is 64.1 Å². The van der Waals surface area contributed by atoms with Gasteiger partial charge in [-0.15, -0.1) is 0 Å². The number of carbonyl (C=O) groups excluding carboxylic acids is 1. The van der Waals surface area contributed by atoms with Crippen molar-refractivity contribution in [3.8, 4) is 0 Å². The molecule has 1 heterocycles. The molecule has 1 N–H and O–H groups in total. The summed E-state index contributed by atoms with van der Waals surface area (Å²) >= 11 is 5.69. The van der Waals surface area contributed by atoms with Gasteiger partial charge in [0.25, 0.3) is 0 Å². The van der Waals surface area contributed by atoms with E-state index in [0.29, 0.717) is 12.4 Å². The minimum Gasteiger partial charge on any atom is -0.463 e. The van der Waals surface area contributed by atoms with Crippen LogP contribution in [0, 0.1) is 5.82 Å². The zero-order valence-electron chi connectivity index (χ0n) is 10.6. The Morgan fingerprint density at radius 2 is 2.25 bits per heavy atom. The number of rotatable bonds is 4. The van der Waals surface area contributed by atoms with Crippen molar-refractivity contribution in [2.45, 2.75) is 6.54 Å². The molecule has 0 aliphatic rings. The van der Waals surface area contributed by atoms with Gasteiger partial charge in [-0.2, -0.15) is 0 Å². The Labute approximate surface area is 119 Å². The molecule has 0 spiro atoms. The molecule has 0 aliphatic carbocycles. The Kier molecular flexibility index (Phi) is 4.47. The van der Waals surface area contributed by atoms with Crippen molar-refractivity contribution in [1.82, 2.24) is 9.97 Å². The summed E-state index contributed by atoms with van der Waals surface area (Å²) in [6, 6.07) is 6.03. The number of benzene rings is 1. The van der Waals surface area contributed by atoms with Crippen molar-refractivity contribution in [1.29, 1.82) is 0 Å². The van der Waals surface area contributed by atoms with Gasteiger partial charge in [0, 0.05) is 12.7 Å². The third-order valence-electron chi connectivity index (χ3n) is 2.48. The van der Waals surface area contributed by atoms with Crippen LogP contribution >= 0.6 is 11.6 Å². The van der Waals surface area contributed by atoms with E-state index in [4.69, 9.17) is 11.6 Å².